The number of aryl methyl sites for hydroxylation is 1. The maximum absolute atomic E-state index is 5.45. The summed E-state index contributed by atoms with van der Waals surface area (Å²) in [4.78, 5) is 1.31. The minimum Gasteiger partial charge on any atom is -0.493 e. The minimum atomic E-state index is 0.439. The quantitative estimate of drug-likeness (QED) is 0.866. The molecule has 0 saturated heterocycles. The molecule has 0 amide bonds. The second-order valence-corrected chi connectivity index (χ2v) is 6.41. The first kappa shape index (κ1) is 15.9. The fourth-order valence-corrected chi connectivity index (χ4v) is 3.01. The van der Waals surface area contributed by atoms with Crippen molar-refractivity contribution >= 4 is 11.3 Å². The lowest BCUT2D eigenvalue weighted by molar-refractivity contribution is 0.354. The van der Waals surface area contributed by atoms with E-state index in [1.165, 1.54) is 21.6 Å². The molecular formula is C17H23NO2S. The first-order chi connectivity index (χ1) is 10.1. The van der Waals surface area contributed by atoms with Crippen molar-refractivity contribution in [2.75, 3.05) is 14.2 Å². The lowest BCUT2D eigenvalue weighted by Crippen LogP contribution is -2.22. The molecule has 0 bridgehead atoms. The van der Waals surface area contributed by atoms with Gasteiger partial charge in [-0.05, 0) is 47.2 Å². The topological polar surface area (TPSA) is 30.5 Å². The fraction of sp³-hybridized carbons (Fsp3) is 0.412. The molecule has 21 heavy (non-hydrogen) atoms. The third-order valence-electron chi connectivity index (χ3n) is 3.46. The van der Waals surface area contributed by atoms with Gasteiger partial charge in [0, 0.05) is 17.5 Å². The zero-order valence-corrected chi connectivity index (χ0v) is 14.1. The Hall–Kier alpha value is -1.52. The highest BCUT2D eigenvalue weighted by molar-refractivity contribution is 7.10. The summed E-state index contributed by atoms with van der Waals surface area (Å²) < 4.78 is 10.9. The van der Waals surface area contributed by atoms with E-state index in [4.69, 9.17) is 9.47 Å². The Labute approximate surface area is 130 Å². The average Bonchev–Trinajstić information content (AvgIpc) is 2.90. The molecule has 3 nitrogen and oxygen atoms in total. The van der Waals surface area contributed by atoms with Crippen LogP contribution in [-0.2, 0) is 6.54 Å². The lowest BCUT2D eigenvalue weighted by Gasteiger charge is -2.17. The summed E-state index contributed by atoms with van der Waals surface area (Å²) in [5.41, 5.74) is 3.70. The summed E-state index contributed by atoms with van der Waals surface area (Å²) >= 11 is 1.76. The summed E-state index contributed by atoms with van der Waals surface area (Å²) in [6, 6.07) is 6.75. The minimum absolute atomic E-state index is 0.439. The average molecular weight is 305 g/mol. The van der Waals surface area contributed by atoms with Crippen molar-refractivity contribution in [1.82, 2.24) is 5.32 Å². The van der Waals surface area contributed by atoms with Crippen LogP contribution in [0.5, 0.6) is 11.5 Å². The van der Waals surface area contributed by atoms with Crippen molar-refractivity contribution in [2.45, 2.75) is 33.4 Å². The molecule has 0 aliphatic heterocycles. The predicted molar refractivity (Wildman–Crippen MR) is 89.6 cm³/mol. The second kappa shape index (κ2) is 6.96. The molecule has 0 atom stereocenters. The van der Waals surface area contributed by atoms with E-state index in [0.29, 0.717) is 6.04 Å². The molecule has 0 radical (unpaired) electrons. The molecule has 0 unspecified atom stereocenters. The van der Waals surface area contributed by atoms with Crippen molar-refractivity contribution in [3.05, 3.63) is 34.0 Å². The standard InChI is InChI=1S/C17H23NO2S/c1-11(2)18-10-13-8-16(19-4)17(20-5)9-15(13)14-6-7-21-12(14)3/h6-9,11,18H,10H2,1-5H3. The maximum atomic E-state index is 5.45. The number of nitrogens with one attached hydrogen (secondary N) is 1. The first-order valence-corrected chi connectivity index (χ1v) is 7.97. The Bertz CT molecular complexity index is 605. The van der Waals surface area contributed by atoms with Gasteiger partial charge < -0.3 is 14.8 Å². The van der Waals surface area contributed by atoms with Crippen LogP contribution in [0, 0.1) is 6.92 Å². The van der Waals surface area contributed by atoms with Gasteiger partial charge in [0.1, 0.15) is 0 Å². The molecule has 0 aliphatic carbocycles. The summed E-state index contributed by atoms with van der Waals surface area (Å²) in [5.74, 6) is 1.54. The number of benzene rings is 1. The van der Waals surface area contributed by atoms with Gasteiger partial charge in [0.15, 0.2) is 11.5 Å². The van der Waals surface area contributed by atoms with Gasteiger partial charge in [0.05, 0.1) is 14.2 Å². The maximum Gasteiger partial charge on any atom is 0.161 e. The lowest BCUT2D eigenvalue weighted by atomic mass is 9.99. The third-order valence-corrected chi connectivity index (χ3v) is 4.30. The molecule has 2 rings (SSSR count). The zero-order valence-electron chi connectivity index (χ0n) is 13.3. The van der Waals surface area contributed by atoms with E-state index in [1.54, 1.807) is 25.6 Å². The second-order valence-electron chi connectivity index (χ2n) is 5.29. The summed E-state index contributed by atoms with van der Waals surface area (Å²) in [6.07, 6.45) is 0. The van der Waals surface area contributed by atoms with Crippen LogP contribution in [-0.4, -0.2) is 20.3 Å². The van der Waals surface area contributed by atoms with Gasteiger partial charge in [-0.25, -0.2) is 0 Å². The van der Waals surface area contributed by atoms with Gasteiger partial charge >= 0.3 is 0 Å². The Morgan fingerprint density at radius 1 is 1.10 bits per heavy atom. The van der Waals surface area contributed by atoms with Crippen LogP contribution in [0.15, 0.2) is 23.6 Å². The van der Waals surface area contributed by atoms with Crippen molar-refractivity contribution in [3.8, 4) is 22.6 Å². The van der Waals surface area contributed by atoms with E-state index in [9.17, 15) is 0 Å². The molecule has 0 fully saturated rings. The SMILES string of the molecule is COc1cc(CNC(C)C)c(-c2ccsc2C)cc1OC. The number of thiophene rings is 1. The molecule has 0 spiro atoms. The van der Waals surface area contributed by atoms with Gasteiger partial charge in [-0.3, -0.25) is 0 Å². The van der Waals surface area contributed by atoms with Gasteiger partial charge in [0.25, 0.3) is 0 Å². The van der Waals surface area contributed by atoms with E-state index in [0.717, 1.165) is 18.0 Å². The molecule has 114 valence electrons. The highest BCUT2D eigenvalue weighted by Crippen LogP contribution is 2.38. The Morgan fingerprint density at radius 2 is 1.76 bits per heavy atom. The third kappa shape index (κ3) is 3.57. The van der Waals surface area contributed by atoms with E-state index < -0.39 is 0 Å². The van der Waals surface area contributed by atoms with Gasteiger partial charge in [0.2, 0.25) is 0 Å². The van der Waals surface area contributed by atoms with Crippen molar-refractivity contribution in [3.63, 3.8) is 0 Å². The number of hydrogen-bond donors (Lipinski definition) is 1. The number of hydrogen-bond acceptors (Lipinski definition) is 4. The molecule has 1 aromatic carbocycles. The number of methoxy groups -OCH3 is 2. The highest BCUT2D eigenvalue weighted by atomic mass is 32.1. The zero-order chi connectivity index (χ0) is 15.4. The van der Waals surface area contributed by atoms with Crippen LogP contribution in [0.3, 0.4) is 0 Å². The summed E-state index contributed by atoms with van der Waals surface area (Å²) in [5, 5.41) is 5.61. The number of ether oxygens (including phenoxy) is 2. The monoisotopic (exact) mass is 305 g/mol. The molecule has 2 aromatic rings. The van der Waals surface area contributed by atoms with Crippen LogP contribution in [0.1, 0.15) is 24.3 Å². The Balaban J connectivity index is 2.51. The molecule has 1 N–H and O–H groups in total. The van der Waals surface area contributed by atoms with Crippen LogP contribution >= 0.6 is 11.3 Å². The van der Waals surface area contributed by atoms with E-state index in [-0.39, 0.29) is 0 Å². The van der Waals surface area contributed by atoms with Crippen LogP contribution in [0.4, 0.5) is 0 Å². The van der Waals surface area contributed by atoms with Gasteiger partial charge in [-0.15, -0.1) is 11.3 Å². The Kier molecular flexibility index (Phi) is 5.26. The van der Waals surface area contributed by atoms with Crippen LogP contribution < -0.4 is 14.8 Å². The molecule has 1 aromatic heterocycles. The van der Waals surface area contributed by atoms with Crippen molar-refractivity contribution in [2.24, 2.45) is 0 Å². The molecule has 4 heteroatoms. The highest BCUT2D eigenvalue weighted by Gasteiger charge is 2.14. The van der Waals surface area contributed by atoms with Crippen molar-refractivity contribution in [1.29, 1.82) is 0 Å². The van der Waals surface area contributed by atoms with Crippen LogP contribution in [0.2, 0.25) is 0 Å². The smallest absolute Gasteiger partial charge is 0.161 e. The predicted octanol–water partition coefficient (Wildman–Crippen LogP) is 4.24. The first-order valence-electron chi connectivity index (χ1n) is 7.09. The van der Waals surface area contributed by atoms with E-state index in [1.807, 2.05) is 0 Å². The fourth-order valence-electron chi connectivity index (χ4n) is 2.30. The number of rotatable bonds is 6. The molecule has 1 heterocycles. The molecule has 0 aliphatic rings. The largest absolute Gasteiger partial charge is 0.493 e. The molecule has 0 saturated carbocycles. The van der Waals surface area contributed by atoms with E-state index in [2.05, 4.69) is 49.7 Å². The molecular weight excluding hydrogens is 282 g/mol. The van der Waals surface area contributed by atoms with Gasteiger partial charge in [-0.1, -0.05) is 13.8 Å². The summed E-state index contributed by atoms with van der Waals surface area (Å²) in [7, 11) is 3.35. The van der Waals surface area contributed by atoms with Crippen LogP contribution in [0.25, 0.3) is 11.1 Å². The Morgan fingerprint density at radius 3 is 2.29 bits per heavy atom. The normalized spacial score (nSPS) is 11.0. The summed E-state index contributed by atoms with van der Waals surface area (Å²) in [6.45, 7) is 7.26. The van der Waals surface area contributed by atoms with Gasteiger partial charge in [-0.2, -0.15) is 0 Å². The van der Waals surface area contributed by atoms with Crippen molar-refractivity contribution < 1.29 is 9.47 Å². The van der Waals surface area contributed by atoms with E-state index >= 15 is 0 Å².